The van der Waals surface area contributed by atoms with Crippen LogP contribution in [0.2, 0.25) is 0 Å². The van der Waals surface area contributed by atoms with Crippen LogP contribution >= 0.6 is 0 Å². The average molecular weight is 405 g/mol. The summed E-state index contributed by atoms with van der Waals surface area (Å²) in [5, 5.41) is 42.9. The van der Waals surface area contributed by atoms with Crippen molar-refractivity contribution in [3.05, 3.63) is 87.8 Å². The molecule has 3 aromatic rings. The number of azide groups is 1. The lowest BCUT2D eigenvalue weighted by atomic mass is 9.85. The Balaban J connectivity index is 1.98. The van der Waals surface area contributed by atoms with E-state index in [-0.39, 0.29) is 29.9 Å². The highest BCUT2D eigenvalue weighted by Gasteiger charge is 2.27. The third kappa shape index (κ3) is 4.81. The Bertz CT molecular complexity index is 1100. The average Bonchev–Trinajstić information content (AvgIpc) is 2.69. The second-order valence-corrected chi connectivity index (χ2v) is 6.85. The number of phenolic OH excluding ortho intramolecular Hbond substituents is 4. The summed E-state index contributed by atoms with van der Waals surface area (Å²) < 4.78 is 0. The lowest BCUT2D eigenvalue weighted by molar-refractivity contribution is 0.0912. The number of carbonyl (C=O) groups is 1. The smallest absolute Gasteiger partial charge is 0.174 e. The molecule has 3 aromatic carbocycles. The number of rotatable bonds is 7. The number of hydrogen-bond donors (Lipinski definition) is 4. The van der Waals surface area contributed by atoms with E-state index >= 15 is 0 Å². The van der Waals surface area contributed by atoms with E-state index in [1.807, 2.05) is 0 Å². The number of Topliss-reactive ketones (excluding diaryl/α,β-unsaturated/α-hetero) is 1. The van der Waals surface area contributed by atoms with Crippen molar-refractivity contribution in [2.24, 2.45) is 11.0 Å². The molecular formula is C22H19N3O5. The summed E-state index contributed by atoms with van der Waals surface area (Å²) in [5.74, 6) is -2.49. The number of nitrogens with zero attached hydrogens (tertiary/aromatic N) is 3. The van der Waals surface area contributed by atoms with Crippen LogP contribution in [0.15, 0.2) is 65.8 Å². The first-order chi connectivity index (χ1) is 14.4. The fraction of sp³-hybridized carbons (Fsp3) is 0.136. The minimum absolute atomic E-state index is 0.0949. The zero-order valence-corrected chi connectivity index (χ0v) is 15.8. The molecule has 30 heavy (non-hydrogen) atoms. The van der Waals surface area contributed by atoms with E-state index in [0.29, 0.717) is 5.69 Å². The number of benzene rings is 3. The van der Waals surface area contributed by atoms with Crippen LogP contribution in [-0.4, -0.2) is 26.2 Å². The van der Waals surface area contributed by atoms with E-state index < -0.39 is 23.2 Å². The molecule has 8 heteroatoms. The molecule has 0 fully saturated rings. The van der Waals surface area contributed by atoms with Gasteiger partial charge in [-0.25, -0.2) is 0 Å². The Morgan fingerprint density at radius 3 is 2.13 bits per heavy atom. The molecule has 4 N–H and O–H groups in total. The lowest BCUT2D eigenvalue weighted by Gasteiger charge is -2.18. The molecule has 0 aliphatic carbocycles. The Morgan fingerprint density at radius 2 is 1.50 bits per heavy atom. The van der Waals surface area contributed by atoms with Gasteiger partial charge >= 0.3 is 0 Å². The molecule has 3 rings (SSSR count). The summed E-state index contributed by atoms with van der Waals surface area (Å²) in [7, 11) is 0. The minimum atomic E-state index is -0.683. The monoisotopic (exact) mass is 405 g/mol. The largest absolute Gasteiger partial charge is 0.508 e. The molecule has 0 aromatic heterocycles. The molecule has 8 nitrogen and oxygen atoms in total. The SMILES string of the molecule is [N-]=[N+]=Nc1cccc(CC(Cc2ccc(O)cc2)C(=O)c2c(O)cc(O)cc2O)c1. The first kappa shape index (κ1) is 20.6. The number of hydrogen-bond acceptors (Lipinski definition) is 6. The first-order valence-electron chi connectivity index (χ1n) is 9.08. The van der Waals surface area contributed by atoms with Gasteiger partial charge in [0.15, 0.2) is 5.78 Å². The third-order valence-corrected chi connectivity index (χ3v) is 4.67. The Labute approximate surface area is 171 Å². The van der Waals surface area contributed by atoms with Gasteiger partial charge in [-0.2, -0.15) is 0 Å². The number of phenols is 4. The van der Waals surface area contributed by atoms with Gasteiger partial charge in [0.1, 0.15) is 28.6 Å². The zero-order chi connectivity index (χ0) is 21.7. The van der Waals surface area contributed by atoms with Crippen molar-refractivity contribution in [1.29, 1.82) is 0 Å². The van der Waals surface area contributed by atoms with Gasteiger partial charge in [-0.05, 0) is 47.7 Å². The summed E-state index contributed by atoms with van der Waals surface area (Å²) in [6, 6.07) is 15.2. The Morgan fingerprint density at radius 1 is 0.867 bits per heavy atom. The predicted molar refractivity (Wildman–Crippen MR) is 110 cm³/mol. The predicted octanol–water partition coefficient (Wildman–Crippen LogP) is 4.74. The van der Waals surface area contributed by atoms with Gasteiger partial charge in [0.25, 0.3) is 0 Å². The second-order valence-electron chi connectivity index (χ2n) is 6.85. The maximum absolute atomic E-state index is 13.3. The topological polar surface area (TPSA) is 147 Å². The van der Waals surface area contributed by atoms with Crippen molar-refractivity contribution < 1.29 is 25.2 Å². The molecule has 0 saturated carbocycles. The maximum atomic E-state index is 13.3. The summed E-state index contributed by atoms with van der Waals surface area (Å²) in [5.41, 5.74) is 10.3. The molecular weight excluding hydrogens is 386 g/mol. The molecule has 1 atom stereocenters. The molecule has 0 radical (unpaired) electrons. The van der Waals surface area contributed by atoms with E-state index in [0.717, 1.165) is 23.3 Å². The standard InChI is InChI=1S/C22H19N3O5/c23-25-24-16-3-1-2-14(10-16)9-15(8-13-4-6-17(26)7-5-13)22(30)21-19(28)11-18(27)12-20(21)29/h1-7,10-12,15,26-29H,8-9H2. The van der Waals surface area contributed by atoms with Crippen LogP contribution in [0.4, 0.5) is 5.69 Å². The van der Waals surface area contributed by atoms with E-state index in [1.54, 1.807) is 36.4 Å². The van der Waals surface area contributed by atoms with Gasteiger partial charge < -0.3 is 20.4 Å². The van der Waals surface area contributed by atoms with E-state index in [2.05, 4.69) is 10.0 Å². The summed E-state index contributed by atoms with van der Waals surface area (Å²) >= 11 is 0. The summed E-state index contributed by atoms with van der Waals surface area (Å²) in [6.07, 6.45) is 0.513. The number of carbonyl (C=O) groups excluding carboxylic acids is 1. The summed E-state index contributed by atoms with van der Waals surface area (Å²) in [4.78, 5) is 16.0. The van der Waals surface area contributed by atoms with Crippen molar-refractivity contribution in [3.63, 3.8) is 0 Å². The number of aromatic hydroxyl groups is 4. The highest BCUT2D eigenvalue weighted by Crippen LogP contribution is 2.35. The van der Waals surface area contributed by atoms with Gasteiger partial charge in [0.05, 0.1) is 0 Å². The van der Waals surface area contributed by atoms with Gasteiger partial charge in [-0.1, -0.05) is 35.4 Å². The van der Waals surface area contributed by atoms with Crippen molar-refractivity contribution >= 4 is 11.5 Å². The van der Waals surface area contributed by atoms with Gasteiger partial charge in [-0.15, -0.1) is 0 Å². The highest BCUT2D eigenvalue weighted by atomic mass is 16.3. The number of ketones is 1. The molecule has 0 bridgehead atoms. The van der Waals surface area contributed by atoms with Crippen LogP contribution in [0.25, 0.3) is 10.4 Å². The van der Waals surface area contributed by atoms with Crippen molar-refractivity contribution in [2.75, 3.05) is 0 Å². The van der Waals surface area contributed by atoms with Crippen LogP contribution in [0.5, 0.6) is 23.0 Å². The molecule has 0 aliphatic rings. The molecule has 0 spiro atoms. The third-order valence-electron chi connectivity index (χ3n) is 4.67. The second kappa shape index (κ2) is 8.89. The van der Waals surface area contributed by atoms with Crippen LogP contribution in [0.1, 0.15) is 21.5 Å². The molecule has 0 heterocycles. The normalized spacial score (nSPS) is 11.5. The van der Waals surface area contributed by atoms with Crippen LogP contribution in [0, 0.1) is 5.92 Å². The van der Waals surface area contributed by atoms with Crippen molar-refractivity contribution in [2.45, 2.75) is 12.8 Å². The van der Waals surface area contributed by atoms with Crippen molar-refractivity contribution in [1.82, 2.24) is 0 Å². The lowest BCUT2D eigenvalue weighted by Crippen LogP contribution is -2.20. The van der Waals surface area contributed by atoms with Crippen LogP contribution in [0.3, 0.4) is 0 Å². The van der Waals surface area contributed by atoms with E-state index in [1.165, 1.54) is 12.1 Å². The van der Waals surface area contributed by atoms with E-state index in [4.69, 9.17) is 5.53 Å². The van der Waals surface area contributed by atoms with E-state index in [9.17, 15) is 25.2 Å². The highest BCUT2D eigenvalue weighted by molar-refractivity contribution is 6.03. The molecule has 1 unspecified atom stereocenters. The molecule has 152 valence electrons. The maximum Gasteiger partial charge on any atom is 0.174 e. The van der Waals surface area contributed by atoms with Crippen molar-refractivity contribution in [3.8, 4) is 23.0 Å². The molecule has 0 aliphatic heterocycles. The van der Waals surface area contributed by atoms with Gasteiger partial charge in [0, 0.05) is 28.6 Å². The van der Waals surface area contributed by atoms with Crippen LogP contribution in [-0.2, 0) is 12.8 Å². The summed E-state index contributed by atoms with van der Waals surface area (Å²) in [6.45, 7) is 0. The van der Waals surface area contributed by atoms with Crippen LogP contribution < -0.4 is 0 Å². The first-order valence-corrected chi connectivity index (χ1v) is 9.08. The zero-order valence-electron chi connectivity index (χ0n) is 15.8. The fourth-order valence-corrected chi connectivity index (χ4v) is 3.31. The Hall–Kier alpha value is -4.16. The fourth-order valence-electron chi connectivity index (χ4n) is 3.31. The van der Waals surface area contributed by atoms with Gasteiger partial charge in [-0.3, -0.25) is 4.79 Å². The quantitative estimate of drug-likeness (QED) is 0.194. The Kier molecular flexibility index (Phi) is 6.10. The molecule has 0 amide bonds. The minimum Gasteiger partial charge on any atom is -0.508 e. The molecule has 0 saturated heterocycles. The van der Waals surface area contributed by atoms with Gasteiger partial charge in [0.2, 0.25) is 0 Å².